The summed E-state index contributed by atoms with van der Waals surface area (Å²) < 4.78 is 9.08. The summed E-state index contributed by atoms with van der Waals surface area (Å²) in [5.41, 5.74) is 1.14. The maximum absolute atomic E-state index is 12.3. The number of halogens is 1. The van der Waals surface area contributed by atoms with Crippen LogP contribution in [0.2, 0.25) is 5.28 Å². The van der Waals surface area contributed by atoms with Gasteiger partial charge >= 0.3 is 5.69 Å². The molecule has 1 saturated heterocycles. The zero-order chi connectivity index (χ0) is 14.3. The average Bonchev–Trinajstić information content (AvgIpc) is 2.98. The summed E-state index contributed by atoms with van der Waals surface area (Å²) in [7, 11) is 1.71. The summed E-state index contributed by atoms with van der Waals surface area (Å²) in [6, 6.07) is 0. The Morgan fingerprint density at radius 1 is 1.45 bits per heavy atom. The Morgan fingerprint density at radius 2 is 2.20 bits per heavy atom. The van der Waals surface area contributed by atoms with Crippen molar-refractivity contribution in [2.24, 2.45) is 7.05 Å². The van der Waals surface area contributed by atoms with Crippen LogP contribution in [0.5, 0.6) is 0 Å². The lowest BCUT2D eigenvalue weighted by Gasteiger charge is -2.12. The summed E-state index contributed by atoms with van der Waals surface area (Å²) in [5, 5.41) is 0.149. The number of ether oxygens (including phenoxy) is 1. The van der Waals surface area contributed by atoms with Crippen LogP contribution in [0.25, 0.3) is 11.2 Å². The van der Waals surface area contributed by atoms with Crippen LogP contribution in [0.4, 0.5) is 0 Å². The summed E-state index contributed by atoms with van der Waals surface area (Å²) in [6.07, 6.45) is 4.99. The topological polar surface area (TPSA) is 61.9 Å². The zero-order valence-electron chi connectivity index (χ0n) is 11.5. The minimum atomic E-state index is -0.111. The summed E-state index contributed by atoms with van der Waals surface area (Å²) in [4.78, 5) is 20.4. The summed E-state index contributed by atoms with van der Waals surface area (Å²) >= 11 is 5.84. The molecular formula is C13H17ClN4O2. The average molecular weight is 297 g/mol. The van der Waals surface area contributed by atoms with Gasteiger partial charge in [0.25, 0.3) is 0 Å². The predicted octanol–water partition coefficient (Wildman–Crippen LogP) is 1.74. The number of imidazole rings is 1. The standard InChI is InChI=1S/C13H17ClN4O2/c1-3-8-4-5-9(20-8)7-18-11-10(17(2)13(18)19)6-15-12(14)16-11/h6,8-9H,3-5,7H2,1-2H3. The van der Waals surface area contributed by atoms with E-state index in [1.165, 1.54) is 4.57 Å². The van der Waals surface area contributed by atoms with E-state index in [0.29, 0.717) is 23.8 Å². The Bertz CT molecular complexity index is 693. The van der Waals surface area contributed by atoms with Crippen molar-refractivity contribution in [3.05, 3.63) is 22.0 Å². The number of hydrogen-bond acceptors (Lipinski definition) is 4. The molecule has 0 spiro atoms. The van der Waals surface area contributed by atoms with Gasteiger partial charge in [0.2, 0.25) is 5.28 Å². The van der Waals surface area contributed by atoms with Crippen LogP contribution in [0.1, 0.15) is 26.2 Å². The van der Waals surface area contributed by atoms with E-state index in [1.54, 1.807) is 17.8 Å². The van der Waals surface area contributed by atoms with Gasteiger partial charge in [0, 0.05) is 7.05 Å². The zero-order valence-corrected chi connectivity index (χ0v) is 12.3. The van der Waals surface area contributed by atoms with Gasteiger partial charge < -0.3 is 4.74 Å². The van der Waals surface area contributed by atoms with E-state index in [-0.39, 0.29) is 17.1 Å². The van der Waals surface area contributed by atoms with Crippen LogP contribution in [0, 0.1) is 0 Å². The molecule has 2 aromatic rings. The van der Waals surface area contributed by atoms with Crippen LogP contribution < -0.4 is 5.69 Å². The number of fused-ring (bicyclic) bond motifs is 1. The molecule has 0 N–H and O–H groups in total. The Morgan fingerprint density at radius 3 is 2.90 bits per heavy atom. The van der Waals surface area contributed by atoms with E-state index in [2.05, 4.69) is 16.9 Å². The highest BCUT2D eigenvalue weighted by atomic mass is 35.5. The van der Waals surface area contributed by atoms with Crippen molar-refractivity contribution in [3.63, 3.8) is 0 Å². The van der Waals surface area contributed by atoms with Crippen molar-refractivity contribution >= 4 is 22.8 Å². The Balaban J connectivity index is 1.97. The van der Waals surface area contributed by atoms with Gasteiger partial charge in [-0.05, 0) is 30.9 Å². The monoisotopic (exact) mass is 296 g/mol. The normalized spacial score (nSPS) is 22.8. The highest BCUT2D eigenvalue weighted by Gasteiger charge is 2.26. The third kappa shape index (κ3) is 2.23. The Hall–Kier alpha value is -1.40. The lowest BCUT2D eigenvalue weighted by Crippen LogP contribution is -2.28. The molecule has 0 bridgehead atoms. The molecule has 1 aliphatic heterocycles. The molecule has 20 heavy (non-hydrogen) atoms. The van der Waals surface area contributed by atoms with Crippen LogP contribution >= 0.6 is 11.6 Å². The molecule has 1 fully saturated rings. The lowest BCUT2D eigenvalue weighted by atomic mass is 10.1. The van der Waals surface area contributed by atoms with Crippen LogP contribution in [0.3, 0.4) is 0 Å². The van der Waals surface area contributed by atoms with Crippen LogP contribution in [0.15, 0.2) is 11.0 Å². The van der Waals surface area contributed by atoms with Crippen LogP contribution in [-0.4, -0.2) is 31.3 Å². The highest BCUT2D eigenvalue weighted by molar-refractivity contribution is 6.28. The second-order valence-corrected chi connectivity index (χ2v) is 5.50. The van der Waals surface area contributed by atoms with Gasteiger partial charge in [-0.15, -0.1) is 0 Å². The molecule has 0 amide bonds. The van der Waals surface area contributed by atoms with E-state index < -0.39 is 0 Å². The van der Waals surface area contributed by atoms with E-state index in [9.17, 15) is 4.79 Å². The van der Waals surface area contributed by atoms with Crippen molar-refractivity contribution in [3.8, 4) is 0 Å². The van der Waals surface area contributed by atoms with Crippen molar-refractivity contribution in [2.45, 2.75) is 44.9 Å². The quantitative estimate of drug-likeness (QED) is 0.810. The molecule has 7 heteroatoms. The van der Waals surface area contributed by atoms with Gasteiger partial charge in [-0.3, -0.25) is 9.13 Å². The Labute approximate surface area is 121 Å². The van der Waals surface area contributed by atoms with E-state index in [4.69, 9.17) is 16.3 Å². The second-order valence-electron chi connectivity index (χ2n) is 5.17. The molecule has 0 aliphatic carbocycles. The number of aryl methyl sites for hydroxylation is 1. The first-order valence-electron chi connectivity index (χ1n) is 6.83. The minimum absolute atomic E-state index is 0.0667. The predicted molar refractivity (Wildman–Crippen MR) is 76.0 cm³/mol. The smallest absolute Gasteiger partial charge is 0.330 e. The number of hydrogen-bond donors (Lipinski definition) is 0. The highest BCUT2D eigenvalue weighted by Crippen LogP contribution is 2.23. The molecule has 3 rings (SSSR count). The van der Waals surface area contributed by atoms with Gasteiger partial charge in [0.1, 0.15) is 5.52 Å². The molecule has 0 radical (unpaired) electrons. The third-order valence-corrected chi connectivity index (χ3v) is 4.07. The SMILES string of the molecule is CCC1CCC(Cn2c(=O)n(C)c3cnc(Cl)nc32)O1. The number of aromatic nitrogens is 4. The fraction of sp³-hybridized carbons (Fsp3) is 0.615. The first-order valence-corrected chi connectivity index (χ1v) is 7.21. The third-order valence-electron chi connectivity index (χ3n) is 3.89. The maximum Gasteiger partial charge on any atom is 0.330 e. The maximum atomic E-state index is 12.3. The molecule has 3 heterocycles. The van der Waals surface area contributed by atoms with Crippen molar-refractivity contribution < 1.29 is 4.74 Å². The van der Waals surface area contributed by atoms with Crippen molar-refractivity contribution in [2.75, 3.05) is 0 Å². The molecule has 2 unspecified atom stereocenters. The first kappa shape index (κ1) is 13.6. The van der Waals surface area contributed by atoms with Gasteiger partial charge in [0.05, 0.1) is 24.9 Å². The molecule has 6 nitrogen and oxygen atoms in total. The second kappa shape index (κ2) is 5.18. The fourth-order valence-electron chi connectivity index (χ4n) is 2.74. The van der Waals surface area contributed by atoms with E-state index >= 15 is 0 Å². The van der Waals surface area contributed by atoms with Crippen LogP contribution in [-0.2, 0) is 18.3 Å². The van der Waals surface area contributed by atoms with Gasteiger partial charge in [0.15, 0.2) is 5.65 Å². The lowest BCUT2D eigenvalue weighted by molar-refractivity contribution is 0.0340. The summed E-state index contributed by atoms with van der Waals surface area (Å²) in [6.45, 7) is 2.63. The van der Waals surface area contributed by atoms with Gasteiger partial charge in [-0.2, -0.15) is 4.98 Å². The molecule has 108 valence electrons. The molecule has 0 aromatic carbocycles. The molecule has 2 atom stereocenters. The molecule has 1 aliphatic rings. The number of nitrogens with zero attached hydrogens (tertiary/aromatic N) is 4. The number of rotatable bonds is 3. The minimum Gasteiger partial charge on any atom is -0.373 e. The molecular weight excluding hydrogens is 280 g/mol. The largest absolute Gasteiger partial charge is 0.373 e. The summed E-state index contributed by atoms with van der Waals surface area (Å²) in [5.74, 6) is 0. The Kier molecular flexibility index (Phi) is 3.52. The molecule has 0 saturated carbocycles. The fourth-order valence-corrected chi connectivity index (χ4v) is 2.87. The van der Waals surface area contributed by atoms with E-state index in [0.717, 1.165) is 19.3 Å². The molecule has 2 aromatic heterocycles. The van der Waals surface area contributed by atoms with Gasteiger partial charge in [-0.1, -0.05) is 6.92 Å². The van der Waals surface area contributed by atoms with Crippen molar-refractivity contribution in [1.82, 2.24) is 19.1 Å². The van der Waals surface area contributed by atoms with Gasteiger partial charge in [-0.25, -0.2) is 9.78 Å². The van der Waals surface area contributed by atoms with Crippen molar-refractivity contribution in [1.29, 1.82) is 0 Å². The van der Waals surface area contributed by atoms with E-state index in [1.807, 2.05) is 0 Å². The first-order chi connectivity index (χ1) is 9.60.